The minimum atomic E-state index is -0.364. The van der Waals surface area contributed by atoms with Crippen molar-refractivity contribution in [2.24, 2.45) is 7.05 Å². The van der Waals surface area contributed by atoms with Crippen LogP contribution in [0.5, 0.6) is 11.5 Å². The highest BCUT2D eigenvalue weighted by atomic mass is 16.5. The summed E-state index contributed by atoms with van der Waals surface area (Å²) in [5.41, 5.74) is 2.82. The van der Waals surface area contributed by atoms with E-state index >= 15 is 0 Å². The molecule has 0 fully saturated rings. The summed E-state index contributed by atoms with van der Waals surface area (Å²) in [6.45, 7) is 1.43. The second-order valence-corrected chi connectivity index (χ2v) is 7.18. The number of hydrogen-bond acceptors (Lipinski definition) is 6. The van der Waals surface area contributed by atoms with Gasteiger partial charge in [0.2, 0.25) is 0 Å². The first kappa shape index (κ1) is 21.0. The molecule has 0 spiro atoms. The van der Waals surface area contributed by atoms with Gasteiger partial charge < -0.3 is 14.8 Å². The number of ether oxygens (including phenoxy) is 2. The molecule has 0 aliphatic heterocycles. The molecule has 2 aromatic heterocycles. The maximum absolute atomic E-state index is 13.3. The number of carbonyl (C=O) groups is 2. The van der Waals surface area contributed by atoms with E-state index in [1.807, 2.05) is 36.4 Å². The lowest BCUT2D eigenvalue weighted by molar-refractivity contribution is 0.101. The molecule has 0 aliphatic carbocycles. The van der Waals surface area contributed by atoms with Crippen LogP contribution in [-0.2, 0) is 7.05 Å². The summed E-state index contributed by atoms with van der Waals surface area (Å²) >= 11 is 0. The van der Waals surface area contributed by atoms with Gasteiger partial charge in [0.25, 0.3) is 5.91 Å². The van der Waals surface area contributed by atoms with Crippen molar-refractivity contribution in [1.82, 2.24) is 14.8 Å². The number of benzene rings is 2. The number of fused-ring (bicyclic) bond motifs is 1. The molecule has 8 heteroatoms. The number of rotatable bonds is 6. The number of pyridine rings is 1. The summed E-state index contributed by atoms with van der Waals surface area (Å²) in [6.07, 6.45) is 1.44. The number of carbonyl (C=O) groups excluding carboxylic acids is 2. The van der Waals surface area contributed by atoms with Gasteiger partial charge >= 0.3 is 0 Å². The average Bonchev–Trinajstić information content (AvgIpc) is 3.17. The number of methoxy groups -OCH3 is 2. The molecule has 0 atom stereocenters. The predicted octanol–water partition coefficient (Wildman–Crippen LogP) is 4.11. The van der Waals surface area contributed by atoms with E-state index in [0.29, 0.717) is 45.0 Å². The van der Waals surface area contributed by atoms with E-state index < -0.39 is 0 Å². The van der Waals surface area contributed by atoms with Crippen molar-refractivity contribution < 1.29 is 19.1 Å². The van der Waals surface area contributed by atoms with Gasteiger partial charge in [-0.15, -0.1) is 0 Å². The summed E-state index contributed by atoms with van der Waals surface area (Å²) < 4.78 is 12.2. The van der Waals surface area contributed by atoms with E-state index in [4.69, 9.17) is 14.5 Å². The number of para-hydroxylation sites is 1. The van der Waals surface area contributed by atoms with Crippen LogP contribution in [0.15, 0.2) is 54.7 Å². The van der Waals surface area contributed by atoms with Crippen molar-refractivity contribution in [3.63, 3.8) is 0 Å². The van der Waals surface area contributed by atoms with Crippen molar-refractivity contribution in [3.8, 4) is 22.8 Å². The van der Waals surface area contributed by atoms with Crippen LogP contribution < -0.4 is 14.8 Å². The van der Waals surface area contributed by atoms with Crippen LogP contribution in [0.4, 0.5) is 5.82 Å². The number of amides is 1. The minimum Gasteiger partial charge on any atom is -0.493 e. The fraction of sp³-hybridized carbons (Fsp3) is 0.167. The molecule has 0 saturated heterocycles. The molecule has 1 N–H and O–H groups in total. The van der Waals surface area contributed by atoms with Crippen LogP contribution in [0.25, 0.3) is 22.2 Å². The molecule has 1 amide bonds. The molecule has 0 saturated carbocycles. The van der Waals surface area contributed by atoms with E-state index in [2.05, 4.69) is 10.4 Å². The molecular formula is C24H22N4O4. The first-order valence-corrected chi connectivity index (χ1v) is 9.89. The zero-order chi connectivity index (χ0) is 22.8. The van der Waals surface area contributed by atoms with Crippen LogP contribution in [-0.4, -0.2) is 40.7 Å². The quantitative estimate of drug-likeness (QED) is 0.463. The Balaban J connectivity index is 1.83. The highest BCUT2D eigenvalue weighted by molar-refractivity contribution is 6.14. The molecule has 2 heterocycles. The molecule has 0 radical (unpaired) electrons. The Morgan fingerprint density at radius 3 is 2.44 bits per heavy atom. The lowest BCUT2D eigenvalue weighted by Crippen LogP contribution is -2.17. The summed E-state index contributed by atoms with van der Waals surface area (Å²) in [6, 6.07) is 14.6. The molecule has 0 aliphatic rings. The van der Waals surface area contributed by atoms with Gasteiger partial charge in [0.15, 0.2) is 17.3 Å². The first-order valence-electron chi connectivity index (χ1n) is 9.89. The van der Waals surface area contributed by atoms with Gasteiger partial charge in [-0.2, -0.15) is 5.10 Å². The predicted molar refractivity (Wildman–Crippen MR) is 121 cm³/mol. The molecule has 0 unspecified atom stereocenters. The summed E-state index contributed by atoms with van der Waals surface area (Å²) in [5.74, 6) is 0.960. The third-order valence-corrected chi connectivity index (χ3v) is 5.19. The fourth-order valence-corrected chi connectivity index (χ4v) is 3.52. The maximum atomic E-state index is 13.3. The Morgan fingerprint density at radius 2 is 1.72 bits per heavy atom. The van der Waals surface area contributed by atoms with Crippen molar-refractivity contribution in [3.05, 3.63) is 65.9 Å². The van der Waals surface area contributed by atoms with Gasteiger partial charge in [0, 0.05) is 18.0 Å². The monoisotopic (exact) mass is 430 g/mol. The minimum absolute atomic E-state index is 0.181. The Hall–Kier alpha value is -4.20. The summed E-state index contributed by atoms with van der Waals surface area (Å²) in [5, 5.41) is 7.62. The highest BCUT2D eigenvalue weighted by Crippen LogP contribution is 2.33. The Labute approximate surface area is 184 Å². The van der Waals surface area contributed by atoms with Gasteiger partial charge in [0.05, 0.1) is 42.8 Å². The lowest BCUT2D eigenvalue weighted by Gasteiger charge is -2.13. The number of aryl methyl sites for hydroxylation is 1. The van der Waals surface area contributed by atoms with Crippen LogP contribution >= 0.6 is 0 Å². The van der Waals surface area contributed by atoms with Crippen LogP contribution in [0.2, 0.25) is 0 Å². The largest absolute Gasteiger partial charge is 0.493 e. The zero-order valence-corrected chi connectivity index (χ0v) is 18.2. The molecular weight excluding hydrogens is 408 g/mol. The number of hydrogen-bond donors (Lipinski definition) is 1. The van der Waals surface area contributed by atoms with Crippen LogP contribution in [0, 0.1) is 0 Å². The third kappa shape index (κ3) is 3.78. The SMILES string of the molecule is COc1ccc(-c2cc(C(=O)Nc3c(C(C)=O)cnn3C)c3ccccc3n2)cc1OC. The molecule has 2 aromatic carbocycles. The Bertz CT molecular complexity index is 1340. The average molecular weight is 430 g/mol. The summed E-state index contributed by atoms with van der Waals surface area (Å²) in [7, 11) is 4.80. The number of anilines is 1. The molecule has 32 heavy (non-hydrogen) atoms. The van der Waals surface area contributed by atoms with E-state index in [9.17, 15) is 9.59 Å². The molecule has 0 bridgehead atoms. The van der Waals surface area contributed by atoms with Gasteiger partial charge in [0.1, 0.15) is 5.82 Å². The maximum Gasteiger partial charge on any atom is 0.257 e. The van der Waals surface area contributed by atoms with Crippen molar-refractivity contribution in [2.45, 2.75) is 6.92 Å². The zero-order valence-electron chi connectivity index (χ0n) is 18.2. The second kappa shape index (κ2) is 8.50. The number of ketones is 1. The van der Waals surface area contributed by atoms with Gasteiger partial charge in [-0.25, -0.2) is 4.98 Å². The third-order valence-electron chi connectivity index (χ3n) is 5.19. The molecule has 4 aromatic rings. The van der Waals surface area contributed by atoms with E-state index in [-0.39, 0.29) is 11.7 Å². The Kier molecular flexibility index (Phi) is 5.59. The topological polar surface area (TPSA) is 95.3 Å². The second-order valence-electron chi connectivity index (χ2n) is 7.18. The van der Waals surface area contributed by atoms with Gasteiger partial charge in [-0.1, -0.05) is 18.2 Å². The lowest BCUT2D eigenvalue weighted by atomic mass is 10.0. The normalized spacial score (nSPS) is 10.8. The van der Waals surface area contributed by atoms with Gasteiger partial charge in [-0.05, 0) is 37.3 Å². The van der Waals surface area contributed by atoms with E-state index in [0.717, 1.165) is 5.56 Å². The van der Waals surface area contributed by atoms with Crippen LogP contribution in [0.3, 0.4) is 0 Å². The molecule has 162 valence electrons. The number of aromatic nitrogens is 3. The van der Waals surface area contributed by atoms with Gasteiger partial charge in [-0.3, -0.25) is 14.3 Å². The van der Waals surface area contributed by atoms with Crippen molar-refractivity contribution in [2.75, 3.05) is 19.5 Å². The number of Topliss-reactive ketones (excluding diaryl/α,β-unsaturated/α-hetero) is 1. The molecule has 8 nitrogen and oxygen atoms in total. The van der Waals surface area contributed by atoms with Crippen molar-refractivity contribution in [1.29, 1.82) is 0 Å². The van der Waals surface area contributed by atoms with Crippen molar-refractivity contribution >= 4 is 28.4 Å². The Morgan fingerprint density at radius 1 is 0.969 bits per heavy atom. The highest BCUT2D eigenvalue weighted by Gasteiger charge is 2.19. The van der Waals surface area contributed by atoms with E-state index in [1.165, 1.54) is 17.8 Å². The summed E-state index contributed by atoms with van der Waals surface area (Å²) in [4.78, 5) is 30.0. The standard InChI is InChI=1S/C24H22N4O4/c1-14(29)18-13-25-28(2)23(18)27-24(30)17-12-20(26-19-8-6-5-7-16(17)19)15-9-10-21(31-3)22(11-15)32-4/h5-13H,1-4H3,(H,27,30). The smallest absolute Gasteiger partial charge is 0.257 e. The van der Waals surface area contributed by atoms with E-state index in [1.54, 1.807) is 33.4 Å². The van der Waals surface area contributed by atoms with Crippen LogP contribution in [0.1, 0.15) is 27.6 Å². The number of nitrogens with one attached hydrogen (secondary N) is 1. The first-order chi connectivity index (χ1) is 15.4. The molecule has 4 rings (SSSR count). The number of nitrogens with zero attached hydrogens (tertiary/aromatic N) is 3. The fourth-order valence-electron chi connectivity index (χ4n) is 3.52.